The fourth-order valence-corrected chi connectivity index (χ4v) is 2.79. The molecule has 2 heterocycles. The van der Waals surface area contributed by atoms with Gasteiger partial charge in [-0.3, -0.25) is 4.79 Å². The van der Waals surface area contributed by atoms with Crippen LogP contribution in [0.5, 0.6) is 11.5 Å². The van der Waals surface area contributed by atoms with Gasteiger partial charge in [0, 0.05) is 18.5 Å². The van der Waals surface area contributed by atoms with Crippen molar-refractivity contribution in [2.75, 3.05) is 13.3 Å². The third kappa shape index (κ3) is 2.38. The molecule has 0 saturated carbocycles. The molecule has 8 heteroatoms. The maximum atomic E-state index is 12.5. The van der Waals surface area contributed by atoms with Crippen molar-refractivity contribution in [2.45, 2.75) is 18.6 Å². The van der Waals surface area contributed by atoms with Gasteiger partial charge in [-0.05, 0) is 12.1 Å². The van der Waals surface area contributed by atoms with E-state index in [9.17, 15) is 14.7 Å². The third-order valence-corrected chi connectivity index (χ3v) is 3.78. The fraction of sp³-hybridized carbons (Fsp3) is 0.385. The number of ether oxygens (including phenoxy) is 2. The summed E-state index contributed by atoms with van der Waals surface area (Å²) in [4.78, 5) is 24.8. The lowest BCUT2D eigenvalue weighted by Crippen LogP contribution is -2.40. The van der Waals surface area contributed by atoms with Crippen LogP contribution in [0.4, 0.5) is 0 Å². The Morgan fingerprint density at radius 3 is 2.81 bits per heavy atom. The summed E-state index contributed by atoms with van der Waals surface area (Å²) in [6.45, 7) is -0.00522. The highest BCUT2D eigenvalue weighted by molar-refractivity contribution is 6.32. The van der Waals surface area contributed by atoms with Crippen molar-refractivity contribution in [1.29, 1.82) is 0 Å². The predicted octanol–water partition coefficient (Wildman–Crippen LogP) is 0.729. The van der Waals surface area contributed by atoms with Crippen molar-refractivity contribution in [3.8, 4) is 11.5 Å². The third-order valence-electron chi connectivity index (χ3n) is 3.50. The number of benzene rings is 1. The van der Waals surface area contributed by atoms with E-state index >= 15 is 0 Å². The van der Waals surface area contributed by atoms with Crippen molar-refractivity contribution in [3.05, 3.63) is 22.7 Å². The number of amides is 1. The minimum atomic E-state index is -1.15. The summed E-state index contributed by atoms with van der Waals surface area (Å²) in [7, 11) is 0. The molecule has 0 spiro atoms. The van der Waals surface area contributed by atoms with Gasteiger partial charge in [0.15, 0.2) is 11.5 Å². The van der Waals surface area contributed by atoms with E-state index in [-0.39, 0.29) is 30.3 Å². The number of fused-ring (bicyclic) bond motifs is 1. The molecule has 21 heavy (non-hydrogen) atoms. The van der Waals surface area contributed by atoms with Crippen molar-refractivity contribution in [2.24, 2.45) is 0 Å². The molecule has 1 saturated heterocycles. The van der Waals surface area contributed by atoms with Crippen LogP contribution in [0.15, 0.2) is 12.1 Å². The van der Waals surface area contributed by atoms with Gasteiger partial charge in [0.1, 0.15) is 6.04 Å². The topological polar surface area (TPSA) is 96.3 Å². The highest BCUT2D eigenvalue weighted by atomic mass is 35.5. The quantitative estimate of drug-likeness (QED) is 0.835. The van der Waals surface area contributed by atoms with Crippen LogP contribution >= 0.6 is 11.6 Å². The summed E-state index contributed by atoms with van der Waals surface area (Å²) in [5, 5.41) is 18.9. The number of β-amino-alcohol motifs (C(OH)–C–C–N with tert-alkyl or cyclic N) is 1. The lowest BCUT2D eigenvalue weighted by atomic mass is 10.1. The van der Waals surface area contributed by atoms with Crippen molar-refractivity contribution in [3.63, 3.8) is 0 Å². The minimum Gasteiger partial charge on any atom is -0.480 e. The van der Waals surface area contributed by atoms with E-state index in [2.05, 4.69) is 0 Å². The van der Waals surface area contributed by atoms with Gasteiger partial charge >= 0.3 is 5.97 Å². The standard InChI is InChI=1S/C13H12ClNO6/c14-8-1-6(2-10-11(8)21-5-20-10)12(17)15-4-7(16)3-9(15)13(18)19/h1-2,7,9,16H,3-5H2,(H,18,19)/t7-,9+/m1/s1. The van der Waals surface area contributed by atoms with E-state index in [0.29, 0.717) is 11.5 Å². The molecule has 0 aromatic heterocycles. The molecule has 1 aromatic rings. The molecule has 2 aliphatic heterocycles. The number of aliphatic hydroxyl groups excluding tert-OH is 1. The number of aliphatic carboxylic acids is 1. The highest BCUT2D eigenvalue weighted by Crippen LogP contribution is 2.40. The maximum absolute atomic E-state index is 12.5. The van der Waals surface area contributed by atoms with Crippen LogP contribution in [-0.2, 0) is 4.79 Å². The molecule has 0 bridgehead atoms. The van der Waals surface area contributed by atoms with Crippen LogP contribution in [0.25, 0.3) is 0 Å². The first-order valence-corrected chi connectivity index (χ1v) is 6.66. The number of carboxylic acid groups (broad SMARTS) is 1. The summed E-state index contributed by atoms with van der Waals surface area (Å²) < 4.78 is 10.3. The van der Waals surface area contributed by atoms with Crippen LogP contribution in [0.3, 0.4) is 0 Å². The summed E-state index contributed by atoms with van der Waals surface area (Å²) in [6, 6.07) is 1.82. The molecular formula is C13H12ClNO6. The number of carbonyl (C=O) groups excluding carboxylic acids is 1. The second-order valence-corrected chi connectivity index (χ2v) is 5.30. The van der Waals surface area contributed by atoms with Gasteiger partial charge in [0.25, 0.3) is 5.91 Å². The monoisotopic (exact) mass is 313 g/mol. The summed E-state index contributed by atoms with van der Waals surface area (Å²) in [5.74, 6) is -0.951. The lowest BCUT2D eigenvalue weighted by molar-refractivity contribution is -0.141. The van der Waals surface area contributed by atoms with Crippen LogP contribution in [-0.4, -0.2) is 52.5 Å². The lowest BCUT2D eigenvalue weighted by Gasteiger charge is -2.21. The summed E-state index contributed by atoms with van der Waals surface area (Å²) >= 11 is 6.01. The van der Waals surface area contributed by atoms with Crippen LogP contribution in [0.1, 0.15) is 16.8 Å². The van der Waals surface area contributed by atoms with Crippen molar-refractivity contribution >= 4 is 23.5 Å². The first-order valence-electron chi connectivity index (χ1n) is 6.28. The van der Waals surface area contributed by atoms with E-state index in [4.69, 9.17) is 26.2 Å². The van der Waals surface area contributed by atoms with Crippen LogP contribution < -0.4 is 9.47 Å². The molecule has 0 unspecified atom stereocenters. The number of nitrogens with zero attached hydrogens (tertiary/aromatic N) is 1. The van der Waals surface area contributed by atoms with E-state index in [1.165, 1.54) is 12.1 Å². The smallest absolute Gasteiger partial charge is 0.326 e. The van der Waals surface area contributed by atoms with E-state index in [1.54, 1.807) is 0 Å². The van der Waals surface area contributed by atoms with Crippen LogP contribution in [0.2, 0.25) is 5.02 Å². The molecule has 1 aromatic carbocycles. The first kappa shape index (κ1) is 14.0. The Balaban J connectivity index is 1.92. The molecular weight excluding hydrogens is 302 g/mol. The number of rotatable bonds is 2. The Morgan fingerprint density at radius 2 is 2.10 bits per heavy atom. The number of aliphatic hydroxyl groups is 1. The van der Waals surface area contributed by atoms with Crippen LogP contribution in [0, 0.1) is 0 Å². The first-order chi connectivity index (χ1) is 9.97. The molecule has 1 fully saturated rings. The highest BCUT2D eigenvalue weighted by Gasteiger charge is 2.39. The summed E-state index contributed by atoms with van der Waals surface area (Å²) in [5.41, 5.74) is 0.199. The molecule has 7 nitrogen and oxygen atoms in total. The molecule has 3 rings (SSSR count). The van der Waals surface area contributed by atoms with Gasteiger partial charge in [-0.1, -0.05) is 11.6 Å². The number of likely N-dealkylation sites (tertiary alicyclic amines) is 1. The Labute approximate surface area is 124 Å². The van der Waals surface area contributed by atoms with E-state index < -0.39 is 24.0 Å². The fourth-order valence-electron chi connectivity index (χ4n) is 2.53. The van der Waals surface area contributed by atoms with Crippen molar-refractivity contribution in [1.82, 2.24) is 4.90 Å². The summed E-state index contributed by atoms with van der Waals surface area (Å²) in [6.07, 6.45) is -0.834. The molecule has 0 radical (unpaired) electrons. The Morgan fingerprint density at radius 1 is 1.33 bits per heavy atom. The van der Waals surface area contributed by atoms with E-state index in [0.717, 1.165) is 4.90 Å². The normalized spacial score (nSPS) is 23.4. The SMILES string of the molecule is O=C(O)[C@@H]1C[C@@H](O)CN1C(=O)c1cc(Cl)c2c(c1)OCO2. The molecule has 0 aliphatic carbocycles. The van der Waals surface area contributed by atoms with Gasteiger partial charge in [-0.2, -0.15) is 0 Å². The van der Waals surface area contributed by atoms with Gasteiger partial charge < -0.3 is 24.6 Å². The zero-order valence-electron chi connectivity index (χ0n) is 10.8. The van der Waals surface area contributed by atoms with Gasteiger partial charge in [-0.15, -0.1) is 0 Å². The molecule has 2 atom stereocenters. The molecule has 2 aliphatic rings. The second kappa shape index (κ2) is 5.09. The largest absolute Gasteiger partial charge is 0.480 e. The molecule has 112 valence electrons. The van der Waals surface area contributed by atoms with Gasteiger partial charge in [0.05, 0.1) is 11.1 Å². The number of hydrogen-bond acceptors (Lipinski definition) is 5. The minimum absolute atomic E-state index is 0.0133. The zero-order valence-corrected chi connectivity index (χ0v) is 11.5. The van der Waals surface area contributed by atoms with E-state index in [1.807, 2.05) is 0 Å². The number of halogens is 1. The predicted molar refractivity (Wildman–Crippen MR) is 70.7 cm³/mol. The zero-order chi connectivity index (χ0) is 15.1. The second-order valence-electron chi connectivity index (χ2n) is 4.89. The number of carboxylic acids is 1. The average molecular weight is 314 g/mol. The van der Waals surface area contributed by atoms with Crippen molar-refractivity contribution < 1.29 is 29.3 Å². The number of carbonyl (C=O) groups is 2. The van der Waals surface area contributed by atoms with Gasteiger partial charge in [0.2, 0.25) is 6.79 Å². The Kier molecular flexibility index (Phi) is 3.38. The average Bonchev–Trinajstić information content (AvgIpc) is 3.04. The number of hydrogen-bond donors (Lipinski definition) is 2. The molecule has 2 N–H and O–H groups in total. The molecule has 1 amide bonds. The van der Waals surface area contributed by atoms with Gasteiger partial charge in [-0.25, -0.2) is 4.79 Å². The Hall–Kier alpha value is -1.99. The maximum Gasteiger partial charge on any atom is 0.326 e. The Bertz CT molecular complexity index is 619.